The van der Waals surface area contributed by atoms with Crippen LogP contribution in [-0.4, -0.2) is 25.8 Å². The zero-order chi connectivity index (χ0) is 10.7. The zero-order valence-corrected chi connectivity index (χ0v) is 10.2. The zero-order valence-electron chi connectivity index (χ0n) is 10.2. The van der Waals surface area contributed by atoms with Crippen LogP contribution < -0.4 is 5.32 Å². The Balaban J connectivity index is 1.78. The fraction of sp³-hybridized carbons (Fsp3) is 1.00. The summed E-state index contributed by atoms with van der Waals surface area (Å²) < 4.78 is 5.28. The first-order chi connectivity index (χ1) is 7.33. The highest BCUT2D eigenvalue weighted by Gasteiger charge is 2.39. The van der Waals surface area contributed by atoms with Crippen LogP contribution >= 0.6 is 0 Å². The number of hydrogen-bond donors (Lipinski definition) is 1. The van der Waals surface area contributed by atoms with Crippen LogP contribution in [-0.2, 0) is 4.74 Å². The van der Waals surface area contributed by atoms with Crippen LogP contribution in [0, 0.1) is 11.8 Å². The van der Waals surface area contributed by atoms with Crippen LogP contribution in [0.1, 0.15) is 45.4 Å². The second kappa shape index (κ2) is 5.31. The van der Waals surface area contributed by atoms with E-state index in [2.05, 4.69) is 12.2 Å². The Labute approximate surface area is 93.8 Å². The van der Waals surface area contributed by atoms with Gasteiger partial charge in [0.1, 0.15) is 0 Å². The van der Waals surface area contributed by atoms with E-state index in [1.165, 1.54) is 38.5 Å². The molecule has 0 saturated heterocycles. The molecule has 88 valence electrons. The third-order valence-electron chi connectivity index (χ3n) is 4.19. The lowest BCUT2D eigenvalue weighted by Gasteiger charge is -2.28. The Morgan fingerprint density at radius 3 is 2.73 bits per heavy atom. The van der Waals surface area contributed by atoms with Crippen LogP contribution in [0.25, 0.3) is 0 Å². The van der Waals surface area contributed by atoms with Crippen molar-refractivity contribution in [2.24, 2.45) is 11.8 Å². The molecule has 2 saturated carbocycles. The molecule has 1 N–H and O–H groups in total. The normalized spacial score (nSPS) is 36.0. The maximum absolute atomic E-state index is 5.28. The molecule has 15 heavy (non-hydrogen) atoms. The quantitative estimate of drug-likeness (QED) is 0.729. The summed E-state index contributed by atoms with van der Waals surface area (Å²) >= 11 is 0. The molecule has 0 aliphatic heterocycles. The number of fused-ring (bicyclic) bond motifs is 2. The largest absolute Gasteiger partial charge is 0.383 e. The van der Waals surface area contributed by atoms with Crippen LogP contribution in [0.5, 0.6) is 0 Å². The second-order valence-electron chi connectivity index (χ2n) is 5.39. The molecule has 0 aromatic carbocycles. The van der Waals surface area contributed by atoms with Crippen molar-refractivity contribution in [3.63, 3.8) is 0 Å². The van der Waals surface area contributed by atoms with E-state index in [0.29, 0.717) is 6.04 Å². The average molecular weight is 211 g/mol. The number of hydrogen-bond acceptors (Lipinski definition) is 2. The van der Waals surface area contributed by atoms with Gasteiger partial charge in [-0.05, 0) is 37.5 Å². The van der Waals surface area contributed by atoms with Crippen LogP contribution in [0.15, 0.2) is 0 Å². The van der Waals surface area contributed by atoms with E-state index in [0.717, 1.165) is 24.5 Å². The molecule has 4 atom stereocenters. The van der Waals surface area contributed by atoms with Gasteiger partial charge in [0.2, 0.25) is 0 Å². The fourth-order valence-electron chi connectivity index (χ4n) is 3.52. The molecular formula is C13H25NO. The number of rotatable bonds is 6. The predicted molar refractivity (Wildman–Crippen MR) is 62.9 cm³/mol. The SMILES string of the molecule is CCCC(COC)NC1CC2CCC1C2. The molecule has 0 radical (unpaired) electrons. The van der Waals surface area contributed by atoms with Crippen molar-refractivity contribution in [3.8, 4) is 0 Å². The summed E-state index contributed by atoms with van der Waals surface area (Å²) in [6, 6.07) is 1.39. The number of ether oxygens (including phenoxy) is 1. The van der Waals surface area contributed by atoms with Gasteiger partial charge in [-0.3, -0.25) is 0 Å². The minimum absolute atomic E-state index is 0.587. The first-order valence-corrected chi connectivity index (χ1v) is 6.58. The maximum atomic E-state index is 5.28. The second-order valence-corrected chi connectivity index (χ2v) is 5.39. The highest BCUT2D eigenvalue weighted by atomic mass is 16.5. The van der Waals surface area contributed by atoms with Gasteiger partial charge in [0.15, 0.2) is 0 Å². The van der Waals surface area contributed by atoms with Gasteiger partial charge < -0.3 is 10.1 Å². The molecule has 2 fully saturated rings. The van der Waals surface area contributed by atoms with Crippen LogP contribution in [0.2, 0.25) is 0 Å². The van der Waals surface area contributed by atoms with Gasteiger partial charge in [-0.25, -0.2) is 0 Å². The third-order valence-corrected chi connectivity index (χ3v) is 4.19. The van der Waals surface area contributed by atoms with E-state index in [1.807, 2.05) is 7.11 Å². The summed E-state index contributed by atoms with van der Waals surface area (Å²) in [6.07, 6.45) is 8.38. The highest BCUT2D eigenvalue weighted by Crippen LogP contribution is 2.44. The van der Waals surface area contributed by atoms with Gasteiger partial charge >= 0.3 is 0 Å². The van der Waals surface area contributed by atoms with E-state index >= 15 is 0 Å². The van der Waals surface area contributed by atoms with Gasteiger partial charge in [-0.1, -0.05) is 19.8 Å². The summed E-state index contributed by atoms with van der Waals surface area (Å²) in [5.74, 6) is 2.02. The standard InChI is InChI=1S/C13H25NO/c1-3-4-12(9-15-2)14-13-8-10-5-6-11(13)7-10/h10-14H,3-9H2,1-2H3. The first-order valence-electron chi connectivity index (χ1n) is 6.58. The van der Waals surface area contributed by atoms with Crippen molar-refractivity contribution in [2.75, 3.05) is 13.7 Å². The van der Waals surface area contributed by atoms with E-state index in [9.17, 15) is 0 Å². The summed E-state index contributed by atoms with van der Waals surface area (Å²) in [5, 5.41) is 3.82. The number of nitrogens with one attached hydrogen (secondary N) is 1. The topological polar surface area (TPSA) is 21.3 Å². The lowest BCUT2D eigenvalue weighted by Crippen LogP contribution is -2.43. The summed E-state index contributed by atoms with van der Waals surface area (Å²) in [5.41, 5.74) is 0. The Kier molecular flexibility index (Phi) is 4.04. The molecular weight excluding hydrogens is 186 g/mol. The van der Waals surface area contributed by atoms with E-state index in [-0.39, 0.29) is 0 Å². The molecule has 2 aliphatic rings. The molecule has 4 unspecified atom stereocenters. The van der Waals surface area contributed by atoms with Gasteiger partial charge in [0.05, 0.1) is 6.61 Å². The van der Waals surface area contributed by atoms with E-state index in [1.54, 1.807) is 0 Å². The molecule has 2 aliphatic carbocycles. The monoisotopic (exact) mass is 211 g/mol. The molecule has 0 aromatic rings. The van der Waals surface area contributed by atoms with Gasteiger partial charge in [0.25, 0.3) is 0 Å². The van der Waals surface area contributed by atoms with E-state index in [4.69, 9.17) is 4.74 Å². The van der Waals surface area contributed by atoms with Gasteiger partial charge in [-0.15, -0.1) is 0 Å². The molecule has 0 spiro atoms. The maximum Gasteiger partial charge on any atom is 0.0615 e. The van der Waals surface area contributed by atoms with Crippen molar-refractivity contribution in [3.05, 3.63) is 0 Å². The molecule has 0 amide bonds. The molecule has 0 heterocycles. The van der Waals surface area contributed by atoms with Gasteiger partial charge in [0, 0.05) is 19.2 Å². The van der Waals surface area contributed by atoms with Crippen molar-refractivity contribution in [2.45, 2.75) is 57.5 Å². The van der Waals surface area contributed by atoms with Crippen molar-refractivity contribution < 1.29 is 4.74 Å². The smallest absolute Gasteiger partial charge is 0.0615 e. The summed E-state index contributed by atoms with van der Waals surface area (Å²) in [4.78, 5) is 0. The van der Waals surface area contributed by atoms with Crippen LogP contribution in [0.4, 0.5) is 0 Å². The molecule has 0 aromatic heterocycles. The molecule has 2 nitrogen and oxygen atoms in total. The fourth-order valence-corrected chi connectivity index (χ4v) is 3.52. The minimum atomic E-state index is 0.587. The Hall–Kier alpha value is -0.0800. The molecule has 2 bridgehead atoms. The van der Waals surface area contributed by atoms with Crippen molar-refractivity contribution in [1.82, 2.24) is 5.32 Å². The lowest BCUT2D eigenvalue weighted by molar-refractivity contribution is 0.149. The number of methoxy groups -OCH3 is 1. The minimum Gasteiger partial charge on any atom is -0.383 e. The highest BCUT2D eigenvalue weighted by molar-refractivity contribution is 4.95. The molecule has 2 rings (SSSR count). The Morgan fingerprint density at radius 2 is 2.20 bits per heavy atom. The van der Waals surface area contributed by atoms with Crippen molar-refractivity contribution in [1.29, 1.82) is 0 Å². The summed E-state index contributed by atoms with van der Waals surface area (Å²) in [6.45, 7) is 3.13. The van der Waals surface area contributed by atoms with Gasteiger partial charge in [-0.2, -0.15) is 0 Å². The third kappa shape index (κ3) is 2.73. The Morgan fingerprint density at radius 1 is 1.33 bits per heavy atom. The average Bonchev–Trinajstić information content (AvgIpc) is 2.80. The molecule has 2 heteroatoms. The predicted octanol–water partition coefficient (Wildman–Crippen LogP) is 2.58. The lowest BCUT2D eigenvalue weighted by atomic mass is 9.94. The van der Waals surface area contributed by atoms with Crippen molar-refractivity contribution >= 4 is 0 Å². The summed E-state index contributed by atoms with van der Waals surface area (Å²) in [7, 11) is 1.81. The Bertz CT molecular complexity index is 189. The first kappa shape index (κ1) is 11.4. The van der Waals surface area contributed by atoms with Crippen LogP contribution in [0.3, 0.4) is 0 Å². The van der Waals surface area contributed by atoms with E-state index < -0.39 is 0 Å².